The minimum Gasteiger partial charge on any atom is -0.294 e. The van der Waals surface area contributed by atoms with Crippen LogP contribution in [0.1, 0.15) is 41.8 Å². The van der Waals surface area contributed by atoms with Crippen molar-refractivity contribution < 1.29 is 9.18 Å². The molecular formula is C17H17FO. The highest BCUT2D eigenvalue weighted by molar-refractivity contribution is 6.05. The maximum absolute atomic E-state index is 13.5. The predicted molar refractivity (Wildman–Crippen MR) is 75.1 cm³/mol. The normalized spacial score (nSPS) is 17.6. The molecule has 0 N–H and O–H groups in total. The molecule has 1 aliphatic rings. The first-order chi connectivity index (χ1) is 8.87. The van der Waals surface area contributed by atoms with Crippen LogP contribution in [-0.2, 0) is 6.42 Å². The van der Waals surface area contributed by atoms with Gasteiger partial charge in [0.2, 0.25) is 0 Å². The Balaban J connectivity index is 2.39. The number of hydrogen-bond acceptors (Lipinski definition) is 1. The second-order valence-electron chi connectivity index (χ2n) is 6.35. The number of rotatable bonds is 0. The number of carbonyl (C=O) groups excluding carboxylic acids is 1. The first-order valence-electron chi connectivity index (χ1n) is 6.62. The Morgan fingerprint density at radius 1 is 1.11 bits per heavy atom. The highest BCUT2D eigenvalue weighted by Gasteiger charge is 2.32. The molecule has 2 aromatic carbocycles. The zero-order valence-corrected chi connectivity index (χ0v) is 11.5. The van der Waals surface area contributed by atoms with Gasteiger partial charge >= 0.3 is 0 Å². The second kappa shape index (κ2) is 3.89. The highest BCUT2D eigenvalue weighted by atomic mass is 19.1. The van der Waals surface area contributed by atoms with Crippen molar-refractivity contribution in [3.63, 3.8) is 0 Å². The number of Topliss-reactive ketones (excluding diaryl/α,β-unsaturated/α-hetero) is 1. The van der Waals surface area contributed by atoms with Gasteiger partial charge in [-0.2, -0.15) is 0 Å². The van der Waals surface area contributed by atoms with E-state index in [1.165, 1.54) is 6.07 Å². The van der Waals surface area contributed by atoms with Crippen LogP contribution in [-0.4, -0.2) is 5.78 Å². The van der Waals surface area contributed by atoms with Gasteiger partial charge in [-0.25, -0.2) is 4.39 Å². The number of hydrogen-bond donors (Lipinski definition) is 0. The molecule has 98 valence electrons. The molecule has 0 saturated carbocycles. The van der Waals surface area contributed by atoms with Crippen molar-refractivity contribution in [1.82, 2.24) is 0 Å². The van der Waals surface area contributed by atoms with E-state index in [2.05, 4.69) is 13.8 Å². The summed E-state index contributed by atoms with van der Waals surface area (Å²) in [6.07, 6.45) is 1.40. The Hall–Kier alpha value is -1.70. The standard InChI is InChI=1S/C17H17FO/c1-10-6-14-15(8-17(2,3)9-16(14)19)13-7-11(18)4-5-12(10)13/h4-7H,8-9H2,1-3H3. The van der Waals surface area contributed by atoms with Crippen molar-refractivity contribution in [3.05, 3.63) is 46.8 Å². The molecule has 1 aliphatic carbocycles. The van der Waals surface area contributed by atoms with E-state index in [9.17, 15) is 9.18 Å². The monoisotopic (exact) mass is 256 g/mol. The molecule has 0 radical (unpaired) electrons. The molecular weight excluding hydrogens is 239 g/mol. The summed E-state index contributed by atoms with van der Waals surface area (Å²) in [6.45, 7) is 6.17. The lowest BCUT2D eigenvalue weighted by molar-refractivity contribution is 0.0913. The lowest BCUT2D eigenvalue weighted by Crippen LogP contribution is -2.27. The zero-order valence-electron chi connectivity index (χ0n) is 11.5. The molecule has 0 unspecified atom stereocenters. The van der Waals surface area contributed by atoms with Gasteiger partial charge in [-0.05, 0) is 58.9 Å². The SMILES string of the molecule is Cc1cc2c(c3cc(F)ccc13)CC(C)(C)CC2=O. The molecule has 2 heteroatoms. The van der Waals surface area contributed by atoms with Gasteiger partial charge in [0, 0.05) is 12.0 Å². The van der Waals surface area contributed by atoms with Crippen LogP contribution in [0.3, 0.4) is 0 Å². The summed E-state index contributed by atoms with van der Waals surface area (Å²) in [7, 11) is 0. The van der Waals surface area contributed by atoms with Crippen LogP contribution < -0.4 is 0 Å². The maximum atomic E-state index is 13.5. The summed E-state index contributed by atoms with van der Waals surface area (Å²) in [6, 6.07) is 6.83. The fraction of sp³-hybridized carbons (Fsp3) is 0.353. The molecule has 1 nitrogen and oxygen atoms in total. The van der Waals surface area contributed by atoms with Crippen LogP contribution in [0.15, 0.2) is 24.3 Å². The molecule has 0 amide bonds. The fourth-order valence-electron chi connectivity index (χ4n) is 3.15. The van der Waals surface area contributed by atoms with Crippen LogP contribution >= 0.6 is 0 Å². The number of halogens is 1. The van der Waals surface area contributed by atoms with Gasteiger partial charge in [0.1, 0.15) is 5.82 Å². The van der Waals surface area contributed by atoms with Gasteiger partial charge in [0.25, 0.3) is 0 Å². The molecule has 0 saturated heterocycles. The fourth-order valence-corrected chi connectivity index (χ4v) is 3.15. The number of carbonyl (C=O) groups is 1. The third-order valence-electron chi connectivity index (χ3n) is 4.01. The Labute approximate surface area is 112 Å². The van der Waals surface area contributed by atoms with Gasteiger partial charge in [-0.15, -0.1) is 0 Å². The van der Waals surface area contributed by atoms with Crippen LogP contribution in [0, 0.1) is 18.2 Å². The lowest BCUT2D eigenvalue weighted by Gasteiger charge is -2.31. The average Bonchev–Trinajstić information content (AvgIpc) is 2.30. The molecule has 0 aromatic heterocycles. The Morgan fingerprint density at radius 3 is 2.58 bits per heavy atom. The van der Waals surface area contributed by atoms with E-state index >= 15 is 0 Å². The zero-order chi connectivity index (χ0) is 13.8. The smallest absolute Gasteiger partial charge is 0.163 e. The molecule has 0 fully saturated rings. The number of fused-ring (bicyclic) bond motifs is 3. The van der Waals surface area contributed by atoms with Crippen molar-refractivity contribution in [2.45, 2.75) is 33.6 Å². The van der Waals surface area contributed by atoms with E-state index in [1.807, 2.05) is 19.1 Å². The van der Waals surface area contributed by atoms with E-state index in [0.717, 1.165) is 33.9 Å². The Morgan fingerprint density at radius 2 is 1.84 bits per heavy atom. The van der Waals surface area contributed by atoms with E-state index in [1.54, 1.807) is 6.07 Å². The molecule has 3 rings (SSSR count). The molecule has 0 heterocycles. The van der Waals surface area contributed by atoms with E-state index in [0.29, 0.717) is 6.42 Å². The first kappa shape index (κ1) is 12.3. The van der Waals surface area contributed by atoms with Gasteiger partial charge in [-0.3, -0.25) is 4.79 Å². The molecule has 0 aliphatic heterocycles. The van der Waals surface area contributed by atoms with Gasteiger partial charge in [-0.1, -0.05) is 19.9 Å². The lowest BCUT2D eigenvalue weighted by atomic mass is 9.72. The highest BCUT2D eigenvalue weighted by Crippen LogP contribution is 2.39. The van der Waals surface area contributed by atoms with Crippen molar-refractivity contribution in [1.29, 1.82) is 0 Å². The maximum Gasteiger partial charge on any atom is 0.163 e. The van der Waals surface area contributed by atoms with Crippen molar-refractivity contribution in [2.75, 3.05) is 0 Å². The van der Waals surface area contributed by atoms with Gasteiger partial charge < -0.3 is 0 Å². The third kappa shape index (κ3) is 1.95. The van der Waals surface area contributed by atoms with Crippen molar-refractivity contribution >= 4 is 16.6 Å². The van der Waals surface area contributed by atoms with E-state index in [4.69, 9.17) is 0 Å². The summed E-state index contributed by atoms with van der Waals surface area (Å²) in [5.41, 5.74) is 2.80. The summed E-state index contributed by atoms with van der Waals surface area (Å²) in [5, 5.41) is 1.95. The van der Waals surface area contributed by atoms with Crippen LogP contribution in [0.25, 0.3) is 10.8 Å². The summed E-state index contributed by atoms with van der Waals surface area (Å²) < 4.78 is 13.5. The summed E-state index contributed by atoms with van der Waals surface area (Å²) in [4.78, 5) is 12.3. The van der Waals surface area contributed by atoms with Crippen molar-refractivity contribution in [2.24, 2.45) is 5.41 Å². The molecule has 0 atom stereocenters. The molecule has 2 aromatic rings. The number of benzene rings is 2. The van der Waals surface area contributed by atoms with Gasteiger partial charge in [0.05, 0.1) is 0 Å². The van der Waals surface area contributed by atoms with E-state index in [-0.39, 0.29) is 17.0 Å². The van der Waals surface area contributed by atoms with Gasteiger partial charge in [0.15, 0.2) is 5.78 Å². The minimum atomic E-state index is -0.240. The minimum absolute atomic E-state index is 0.0431. The average molecular weight is 256 g/mol. The molecule has 19 heavy (non-hydrogen) atoms. The number of aryl methyl sites for hydroxylation is 1. The summed E-state index contributed by atoms with van der Waals surface area (Å²) >= 11 is 0. The summed E-state index contributed by atoms with van der Waals surface area (Å²) in [5.74, 6) is -0.0587. The Bertz CT molecular complexity index is 698. The third-order valence-corrected chi connectivity index (χ3v) is 4.01. The predicted octanol–water partition coefficient (Wildman–Crippen LogP) is 4.44. The first-order valence-corrected chi connectivity index (χ1v) is 6.62. The number of ketones is 1. The van der Waals surface area contributed by atoms with Crippen LogP contribution in [0.5, 0.6) is 0 Å². The molecule has 0 bridgehead atoms. The van der Waals surface area contributed by atoms with E-state index < -0.39 is 0 Å². The largest absolute Gasteiger partial charge is 0.294 e. The van der Waals surface area contributed by atoms with Crippen molar-refractivity contribution in [3.8, 4) is 0 Å². The quantitative estimate of drug-likeness (QED) is 0.681. The second-order valence-corrected chi connectivity index (χ2v) is 6.35. The topological polar surface area (TPSA) is 17.1 Å². The molecule has 0 spiro atoms. The van der Waals surface area contributed by atoms with Crippen LogP contribution in [0.4, 0.5) is 4.39 Å². The Kier molecular flexibility index (Phi) is 2.53. The van der Waals surface area contributed by atoms with Crippen LogP contribution in [0.2, 0.25) is 0 Å².